The van der Waals surface area contributed by atoms with Gasteiger partial charge in [0.2, 0.25) is 5.91 Å². The van der Waals surface area contributed by atoms with E-state index in [1.165, 1.54) is 0 Å². The van der Waals surface area contributed by atoms with Gasteiger partial charge in [0.15, 0.2) is 0 Å². The Morgan fingerprint density at radius 3 is 2.75 bits per heavy atom. The first-order valence-corrected chi connectivity index (χ1v) is 7.77. The maximum atomic E-state index is 11.7. The predicted molar refractivity (Wildman–Crippen MR) is 79.5 cm³/mol. The third-order valence-corrected chi connectivity index (χ3v) is 3.73. The molecular formula is C15H30N2O3. The first-order valence-electron chi connectivity index (χ1n) is 7.77. The summed E-state index contributed by atoms with van der Waals surface area (Å²) < 4.78 is 11.3. The quantitative estimate of drug-likeness (QED) is 0.598. The smallest absolute Gasteiger partial charge is 0.237 e. The zero-order valence-electron chi connectivity index (χ0n) is 13.1. The van der Waals surface area contributed by atoms with Crippen LogP contribution in [0.4, 0.5) is 0 Å². The van der Waals surface area contributed by atoms with Gasteiger partial charge >= 0.3 is 0 Å². The molecule has 1 aliphatic carbocycles. The molecule has 1 aliphatic rings. The summed E-state index contributed by atoms with van der Waals surface area (Å²) >= 11 is 0. The molecule has 0 heterocycles. The van der Waals surface area contributed by atoms with E-state index in [4.69, 9.17) is 15.2 Å². The number of nitrogens with two attached hydrogens (primary N) is 1. The summed E-state index contributed by atoms with van der Waals surface area (Å²) in [7, 11) is 0. The molecule has 5 nitrogen and oxygen atoms in total. The van der Waals surface area contributed by atoms with E-state index in [0.717, 1.165) is 32.3 Å². The molecule has 0 aromatic carbocycles. The van der Waals surface area contributed by atoms with Crippen molar-refractivity contribution in [3.63, 3.8) is 0 Å². The highest BCUT2D eigenvalue weighted by Gasteiger charge is 2.44. The van der Waals surface area contributed by atoms with Gasteiger partial charge in [-0.15, -0.1) is 0 Å². The molecule has 1 fully saturated rings. The molecule has 20 heavy (non-hydrogen) atoms. The highest BCUT2D eigenvalue weighted by molar-refractivity contribution is 5.85. The molecule has 0 saturated heterocycles. The van der Waals surface area contributed by atoms with Crippen molar-refractivity contribution in [2.45, 2.75) is 70.6 Å². The summed E-state index contributed by atoms with van der Waals surface area (Å²) in [5.74, 6) is -0.267. The highest BCUT2D eigenvalue weighted by Crippen LogP contribution is 2.32. The highest BCUT2D eigenvalue weighted by atomic mass is 16.5. The van der Waals surface area contributed by atoms with Crippen LogP contribution in [0.15, 0.2) is 0 Å². The Balaban J connectivity index is 2.28. The molecule has 0 aromatic rings. The lowest BCUT2D eigenvalue weighted by molar-refractivity contribution is -0.125. The van der Waals surface area contributed by atoms with Crippen molar-refractivity contribution >= 4 is 5.91 Å². The molecule has 1 amide bonds. The monoisotopic (exact) mass is 286 g/mol. The van der Waals surface area contributed by atoms with Gasteiger partial charge in [-0.05, 0) is 33.1 Å². The van der Waals surface area contributed by atoms with Gasteiger partial charge in [-0.2, -0.15) is 0 Å². The topological polar surface area (TPSA) is 73.6 Å². The van der Waals surface area contributed by atoms with Crippen LogP contribution in [-0.2, 0) is 14.3 Å². The summed E-state index contributed by atoms with van der Waals surface area (Å²) in [4.78, 5) is 11.7. The molecule has 5 heteroatoms. The van der Waals surface area contributed by atoms with Gasteiger partial charge < -0.3 is 20.5 Å². The van der Waals surface area contributed by atoms with Crippen LogP contribution >= 0.6 is 0 Å². The third kappa shape index (κ3) is 5.38. The minimum Gasteiger partial charge on any atom is -0.379 e. The number of unbranched alkanes of at least 4 members (excludes halogenated alkanes) is 1. The molecule has 3 N–H and O–H groups in total. The summed E-state index contributed by atoms with van der Waals surface area (Å²) in [6.07, 6.45) is 4.62. The van der Waals surface area contributed by atoms with Gasteiger partial charge in [0, 0.05) is 19.1 Å². The standard InChI is InChI=1S/C15H30N2O3/c1-4-5-8-19-9-10-20-13-6-7-15(11-13,14(16)18)17-12(2)3/h12-13,17H,4-11H2,1-3H3,(H2,16,18). The number of carbonyl (C=O) groups is 1. The van der Waals surface area contributed by atoms with Crippen molar-refractivity contribution in [1.82, 2.24) is 5.32 Å². The fraction of sp³-hybridized carbons (Fsp3) is 0.933. The summed E-state index contributed by atoms with van der Waals surface area (Å²) in [5.41, 5.74) is 4.98. The molecule has 2 unspecified atom stereocenters. The van der Waals surface area contributed by atoms with Crippen molar-refractivity contribution in [3.05, 3.63) is 0 Å². The molecule has 0 aliphatic heterocycles. The maximum Gasteiger partial charge on any atom is 0.237 e. The Bertz CT molecular complexity index is 297. The largest absolute Gasteiger partial charge is 0.379 e. The second-order valence-corrected chi connectivity index (χ2v) is 5.95. The van der Waals surface area contributed by atoms with Crippen LogP contribution in [0, 0.1) is 0 Å². The van der Waals surface area contributed by atoms with Crippen LogP contribution in [0.3, 0.4) is 0 Å². The van der Waals surface area contributed by atoms with E-state index in [9.17, 15) is 4.79 Å². The van der Waals surface area contributed by atoms with Gasteiger partial charge in [-0.25, -0.2) is 0 Å². The van der Waals surface area contributed by atoms with E-state index in [0.29, 0.717) is 19.6 Å². The molecule has 0 radical (unpaired) electrons. The lowest BCUT2D eigenvalue weighted by Crippen LogP contribution is -2.56. The summed E-state index contributed by atoms with van der Waals surface area (Å²) in [6, 6.07) is 0.235. The number of hydrogen-bond donors (Lipinski definition) is 2. The Labute approximate surface area is 122 Å². The van der Waals surface area contributed by atoms with E-state index >= 15 is 0 Å². The molecule has 2 atom stereocenters. The lowest BCUT2D eigenvalue weighted by Gasteiger charge is -2.29. The fourth-order valence-electron chi connectivity index (χ4n) is 2.74. The zero-order chi connectivity index (χ0) is 15.0. The maximum absolute atomic E-state index is 11.7. The molecular weight excluding hydrogens is 256 g/mol. The normalized spacial score (nSPS) is 26.3. The Morgan fingerprint density at radius 1 is 1.40 bits per heavy atom. The minimum atomic E-state index is -0.595. The van der Waals surface area contributed by atoms with Crippen LogP contribution in [0.2, 0.25) is 0 Å². The molecule has 0 spiro atoms. The Morgan fingerprint density at radius 2 is 2.15 bits per heavy atom. The van der Waals surface area contributed by atoms with Gasteiger partial charge in [0.05, 0.1) is 19.3 Å². The molecule has 0 aromatic heterocycles. The van der Waals surface area contributed by atoms with E-state index in [-0.39, 0.29) is 18.1 Å². The second kappa shape index (κ2) is 8.60. The van der Waals surface area contributed by atoms with Crippen LogP contribution in [0.5, 0.6) is 0 Å². The van der Waals surface area contributed by atoms with E-state index in [1.807, 2.05) is 13.8 Å². The number of nitrogens with one attached hydrogen (secondary N) is 1. The molecule has 1 saturated carbocycles. The minimum absolute atomic E-state index is 0.100. The van der Waals surface area contributed by atoms with Crippen molar-refractivity contribution < 1.29 is 14.3 Å². The number of rotatable bonds is 10. The molecule has 118 valence electrons. The van der Waals surface area contributed by atoms with Crippen LogP contribution in [0.25, 0.3) is 0 Å². The first kappa shape index (κ1) is 17.4. The number of ether oxygens (including phenoxy) is 2. The average Bonchev–Trinajstić information content (AvgIpc) is 2.77. The van der Waals surface area contributed by atoms with Crippen LogP contribution in [0.1, 0.15) is 52.9 Å². The number of carbonyl (C=O) groups excluding carboxylic acids is 1. The van der Waals surface area contributed by atoms with Crippen molar-refractivity contribution in [2.24, 2.45) is 5.73 Å². The van der Waals surface area contributed by atoms with Crippen LogP contribution < -0.4 is 11.1 Å². The summed E-state index contributed by atoms with van der Waals surface area (Å²) in [5, 5.41) is 3.32. The van der Waals surface area contributed by atoms with Gasteiger partial charge in [0.1, 0.15) is 5.54 Å². The second-order valence-electron chi connectivity index (χ2n) is 5.95. The van der Waals surface area contributed by atoms with Gasteiger partial charge in [-0.1, -0.05) is 13.3 Å². The van der Waals surface area contributed by atoms with E-state index < -0.39 is 5.54 Å². The van der Waals surface area contributed by atoms with E-state index in [2.05, 4.69) is 12.2 Å². The lowest BCUT2D eigenvalue weighted by atomic mass is 9.95. The third-order valence-electron chi connectivity index (χ3n) is 3.73. The number of primary amides is 1. The van der Waals surface area contributed by atoms with E-state index in [1.54, 1.807) is 0 Å². The molecule has 0 bridgehead atoms. The number of hydrogen-bond acceptors (Lipinski definition) is 4. The number of amides is 1. The van der Waals surface area contributed by atoms with Gasteiger partial charge in [0.25, 0.3) is 0 Å². The summed E-state index contributed by atoms with van der Waals surface area (Å²) in [6.45, 7) is 8.21. The SMILES string of the molecule is CCCCOCCOC1CCC(NC(C)C)(C(N)=O)C1. The zero-order valence-corrected chi connectivity index (χ0v) is 13.1. The van der Waals surface area contributed by atoms with Crippen molar-refractivity contribution in [1.29, 1.82) is 0 Å². The Hall–Kier alpha value is -0.650. The fourth-order valence-corrected chi connectivity index (χ4v) is 2.74. The van der Waals surface area contributed by atoms with Crippen molar-refractivity contribution in [2.75, 3.05) is 19.8 Å². The molecule has 1 rings (SSSR count). The Kier molecular flexibility index (Phi) is 7.48. The first-order chi connectivity index (χ1) is 9.50. The van der Waals surface area contributed by atoms with Crippen molar-refractivity contribution in [3.8, 4) is 0 Å². The predicted octanol–water partition coefficient (Wildman–Crippen LogP) is 1.59. The van der Waals surface area contributed by atoms with Gasteiger partial charge in [-0.3, -0.25) is 4.79 Å². The van der Waals surface area contributed by atoms with Crippen LogP contribution in [-0.4, -0.2) is 43.4 Å². The average molecular weight is 286 g/mol.